The van der Waals surface area contributed by atoms with Gasteiger partial charge in [0.25, 0.3) is 0 Å². The van der Waals surface area contributed by atoms with Crippen LogP contribution in [0.5, 0.6) is 0 Å². The van der Waals surface area contributed by atoms with Crippen LogP contribution in [0.3, 0.4) is 0 Å². The van der Waals surface area contributed by atoms with Crippen molar-refractivity contribution in [2.24, 2.45) is 0 Å². The quantitative estimate of drug-likeness (QED) is 0.872. The van der Waals surface area contributed by atoms with E-state index in [1.54, 1.807) is 0 Å². The van der Waals surface area contributed by atoms with Gasteiger partial charge < -0.3 is 5.11 Å². The van der Waals surface area contributed by atoms with Gasteiger partial charge in [0.1, 0.15) is 0 Å². The van der Waals surface area contributed by atoms with Gasteiger partial charge in [-0.25, -0.2) is 0 Å². The first-order valence-corrected chi connectivity index (χ1v) is 7.26. The van der Waals surface area contributed by atoms with Crippen molar-refractivity contribution in [3.05, 3.63) is 69.7 Å². The largest absolute Gasteiger partial charge is 0.395 e. The number of aliphatic hydroxyl groups excluding tert-OH is 1. The minimum atomic E-state index is 0.106. The molecule has 0 atom stereocenters. The van der Waals surface area contributed by atoms with E-state index >= 15 is 0 Å². The van der Waals surface area contributed by atoms with Gasteiger partial charge in [-0.3, -0.25) is 4.90 Å². The lowest BCUT2D eigenvalue weighted by Gasteiger charge is -2.22. The van der Waals surface area contributed by atoms with Gasteiger partial charge in [-0.2, -0.15) is 0 Å². The van der Waals surface area contributed by atoms with Crippen molar-refractivity contribution in [2.75, 3.05) is 13.2 Å². The summed E-state index contributed by atoms with van der Waals surface area (Å²) in [4.78, 5) is 2.13. The predicted octanol–water partition coefficient (Wildman–Crippen LogP) is 3.99. The highest BCUT2D eigenvalue weighted by molar-refractivity contribution is 6.35. The summed E-state index contributed by atoms with van der Waals surface area (Å²) in [6, 6.07) is 15.7. The van der Waals surface area contributed by atoms with Crippen LogP contribution < -0.4 is 0 Å². The molecule has 0 saturated heterocycles. The molecule has 0 amide bonds. The number of benzene rings is 2. The molecule has 2 nitrogen and oxygen atoms in total. The zero-order valence-corrected chi connectivity index (χ0v) is 12.6. The van der Waals surface area contributed by atoms with Gasteiger partial charge in [-0.15, -0.1) is 0 Å². The molecule has 20 heavy (non-hydrogen) atoms. The minimum Gasteiger partial charge on any atom is -0.395 e. The third-order valence-corrected chi connectivity index (χ3v) is 3.82. The summed E-state index contributed by atoms with van der Waals surface area (Å²) in [5.74, 6) is 0. The van der Waals surface area contributed by atoms with E-state index in [2.05, 4.69) is 17.0 Å². The van der Waals surface area contributed by atoms with E-state index in [1.807, 2.05) is 36.4 Å². The molecule has 0 aliphatic heterocycles. The lowest BCUT2D eigenvalue weighted by atomic mass is 10.1. The van der Waals surface area contributed by atoms with E-state index < -0.39 is 0 Å². The second-order valence-electron chi connectivity index (χ2n) is 4.62. The Hall–Kier alpha value is -1.06. The maximum Gasteiger partial charge on any atom is 0.0558 e. The molecule has 0 spiro atoms. The lowest BCUT2D eigenvalue weighted by Crippen LogP contribution is -2.26. The van der Waals surface area contributed by atoms with Gasteiger partial charge in [0.15, 0.2) is 0 Å². The van der Waals surface area contributed by atoms with Crippen LogP contribution in [0.1, 0.15) is 11.1 Å². The van der Waals surface area contributed by atoms with Crippen LogP contribution in [-0.4, -0.2) is 23.2 Å². The summed E-state index contributed by atoms with van der Waals surface area (Å²) in [7, 11) is 0. The van der Waals surface area contributed by atoms with E-state index in [1.165, 1.54) is 5.56 Å². The van der Waals surface area contributed by atoms with Crippen molar-refractivity contribution < 1.29 is 5.11 Å². The van der Waals surface area contributed by atoms with Crippen LogP contribution in [0, 0.1) is 0 Å². The Labute approximate surface area is 129 Å². The maximum atomic E-state index is 9.22. The van der Waals surface area contributed by atoms with Gasteiger partial charge in [-0.1, -0.05) is 59.6 Å². The molecule has 2 rings (SSSR count). The topological polar surface area (TPSA) is 23.5 Å². The Morgan fingerprint density at radius 2 is 1.50 bits per heavy atom. The normalized spacial score (nSPS) is 11.0. The SMILES string of the molecule is OCCN(Cc1ccccc1)Cc1c(Cl)cccc1Cl. The molecule has 0 heterocycles. The average Bonchev–Trinajstić information content (AvgIpc) is 2.44. The van der Waals surface area contributed by atoms with Gasteiger partial charge in [0.2, 0.25) is 0 Å². The number of aliphatic hydroxyl groups is 1. The molecular formula is C16H17Cl2NO. The molecule has 0 unspecified atom stereocenters. The molecule has 0 saturated carbocycles. The molecular weight excluding hydrogens is 293 g/mol. The molecule has 4 heteroatoms. The van der Waals surface area contributed by atoms with Crippen LogP contribution in [0.2, 0.25) is 10.0 Å². The summed E-state index contributed by atoms with van der Waals surface area (Å²) in [6.07, 6.45) is 0. The summed E-state index contributed by atoms with van der Waals surface area (Å²) in [6.45, 7) is 2.06. The lowest BCUT2D eigenvalue weighted by molar-refractivity contribution is 0.184. The van der Waals surface area contributed by atoms with Crippen molar-refractivity contribution in [2.45, 2.75) is 13.1 Å². The van der Waals surface area contributed by atoms with Crippen LogP contribution in [-0.2, 0) is 13.1 Å². The van der Waals surface area contributed by atoms with Gasteiger partial charge in [-0.05, 0) is 17.7 Å². The van der Waals surface area contributed by atoms with E-state index in [4.69, 9.17) is 23.2 Å². The summed E-state index contributed by atoms with van der Waals surface area (Å²) in [5, 5.41) is 10.5. The first-order chi connectivity index (χ1) is 9.70. The zero-order valence-electron chi connectivity index (χ0n) is 11.1. The molecule has 2 aromatic carbocycles. The molecule has 0 aliphatic carbocycles. The van der Waals surface area contributed by atoms with Crippen LogP contribution in [0.15, 0.2) is 48.5 Å². The molecule has 0 aromatic heterocycles. The van der Waals surface area contributed by atoms with Crippen molar-refractivity contribution >= 4 is 23.2 Å². The Kier molecular flexibility index (Phi) is 5.86. The van der Waals surface area contributed by atoms with Crippen LogP contribution in [0.25, 0.3) is 0 Å². The summed E-state index contributed by atoms with van der Waals surface area (Å²) in [5.41, 5.74) is 2.10. The highest BCUT2D eigenvalue weighted by atomic mass is 35.5. The van der Waals surface area contributed by atoms with Gasteiger partial charge in [0.05, 0.1) is 6.61 Å². The molecule has 2 aromatic rings. The number of hydrogen-bond donors (Lipinski definition) is 1. The molecule has 1 N–H and O–H groups in total. The molecule has 106 valence electrons. The van der Waals surface area contributed by atoms with Crippen LogP contribution >= 0.6 is 23.2 Å². The number of hydrogen-bond acceptors (Lipinski definition) is 2. The third-order valence-electron chi connectivity index (χ3n) is 3.11. The van der Waals surface area contributed by atoms with E-state index in [0.29, 0.717) is 23.1 Å². The second-order valence-corrected chi connectivity index (χ2v) is 5.43. The summed E-state index contributed by atoms with van der Waals surface area (Å²) < 4.78 is 0. The number of nitrogens with zero attached hydrogens (tertiary/aromatic N) is 1. The number of halogens is 2. The smallest absolute Gasteiger partial charge is 0.0558 e. The highest BCUT2D eigenvalue weighted by Gasteiger charge is 2.11. The Morgan fingerprint density at radius 1 is 0.850 bits per heavy atom. The first-order valence-electron chi connectivity index (χ1n) is 6.50. The van der Waals surface area contributed by atoms with Gasteiger partial charge >= 0.3 is 0 Å². The predicted molar refractivity (Wildman–Crippen MR) is 84.1 cm³/mol. The van der Waals surface area contributed by atoms with Gasteiger partial charge in [0, 0.05) is 35.2 Å². The van der Waals surface area contributed by atoms with E-state index in [0.717, 1.165) is 12.1 Å². The molecule has 0 aliphatic rings. The molecule has 0 bridgehead atoms. The molecule has 0 fully saturated rings. The average molecular weight is 310 g/mol. The fourth-order valence-corrected chi connectivity index (χ4v) is 2.62. The highest BCUT2D eigenvalue weighted by Crippen LogP contribution is 2.26. The standard InChI is InChI=1S/C16H17Cl2NO/c17-15-7-4-8-16(18)14(15)12-19(9-10-20)11-13-5-2-1-3-6-13/h1-8,20H,9-12H2. The summed E-state index contributed by atoms with van der Waals surface area (Å²) >= 11 is 12.4. The second kappa shape index (κ2) is 7.65. The first kappa shape index (κ1) is 15.3. The minimum absolute atomic E-state index is 0.106. The zero-order chi connectivity index (χ0) is 14.4. The Balaban J connectivity index is 2.13. The Bertz CT molecular complexity index is 525. The van der Waals surface area contributed by atoms with Crippen molar-refractivity contribution in [3.8, 4) is 0 Å². The van der Waals surface area contributed by atoms with E-state index in [9.17, 15) is 5.11 Å². The number of rotatable bonds is 6. The fraction of sp³-hybridized carbons (Fsp3) is 0.250. The van der Waals surface area contributed by atoms with Crippen molar-refractivity contribution in [3.63, 3.8) is 0 Å². The van der Waals surface area contributed by atoms with Crippen molar-refractivity contribution in [1.29, 1.82) is 0 Å². The van der Waals surface area contributed by atoms with Crippen LogP contribution in [0.4, 0.5) is 0 Å². The maximum absolute atomic E-state index is 9.22. The third kappa shape index (κ3) is 4.22. The Morgan fingerprint density at radius 3 is 2.10 bits per heavy atom. The fourth-order valence-electron chi connectivity index (χ4n) is 2.10. The monoisotopic (exact) mass is 309 g/mol. The van der Waals surface area contributed by atoms with Crippen molar-refractivity contribution in [1.82, 2.24) is 4.90 Å². The van der Waals surface area contributed by atoms with E-state index in [-0.39, 0.29) is 6.61 Å². The molecule has 0 radical (unpaired) electrons.